The zero-order valence-corrected chi connectivity index (χ0v) is 26.0. The van der Waals surface area contributed by atoms with Gasteiger partial charge in [0.1, 0.15) is 0 Å². The number of thioether (sulfide) groups is 1. The number of carbonyl (C=O) groups excluding carboxylic acids is 1. The van der Waals surface area contributed by atoms with E-state index in [-0.39, 0.29) is 11.8 Å². The number of amides is 1. The molecular formula is C29H39Cl2N3O3S2. The molecule has 0 saturated carbocycles. The summed E-state index contributed by atoms with van der Waals surface area (Å²) in [5.74, 6) is 0.541. The highest BCUT2D eigenvalue weighted by Gasteiger charge is 2.32. The number of halogens is 2. The van der Waals surface area contributed by atoms with Crippen LogP contribution in [0.4, 0.5) is 5.69 Å². The summed E-state index contributed by atoms with van der Waals surface area (Å²) >= 11 is 14.2. The number of piperidine rings is 2. The van der Waals surface area contributed by atoms with Crippen molar-refractivity contribution in [1.82, 2.24) is 9.21 Å². The molecule has 0 N–H and O–H groups in total. The Kier molecular flexibility index (Phi) is 11.1. The molecule has 0 unspecified atom stereocenters. The lowest BCUT2D eigenvalue weighted by Gasteiger charge is -2.35. The predicted molar refractivity (Wildman–Crippen MR) is 164 cm³/mol. The van der Waals surface area contributed by atoms with Crippen LogP contribution in [-0.4, -0.2) is 75.3 Å². The van der Waals surface area contributed by atoms with E-state index in [2.05, 4.69) is 35.4 Å². The Labute approximate surface area is 248 Å². The van der Waals surface area contributed by atoms with Gasteiger partial charge in [0.05, 0.1) is 16.3 Å². The van der Waals surface area contributed by atoms with Gasteiger partial charge in [0, 0.05) is 36.1 Å². The van der Waals surface area contributed by atoms with Gasteiger partial charge in [-0.1, -0.05) is 35.3 Å². The summed E-state index contributed by atoms with van der Waals surface area (Å²) in [6.07, 6.45) is 8.76. The maximum atomic E-state index is 13.7. The second-order valence-corrected chi connectivity index (χ2v) is 14.4. The molecule has 2 heterocycles. The van der Waals surface area contributed by atoms with Gasteiger partial charge in [-0.05, 0) is 106 Å². The molecule has 0 aromatic heterocycles. The highest BCUT2D eigenvalue weighted by molar-refractivity contribution is 7.98. The van der Waals surface area contributed by atoms with Crippen LogP contribution in [0.1, 0.15) is 37.7 Å². The third-order valence-corrected chi connectivity index (χ3v) is 10.8. The second-order valence-electron chi connectivity index (χ2n) is 10.7. The second kappa shape index (κ2) is 14.1. The van der Waals surface area contributed by atoms with Crippen LogP contribution < -0.4 is 4.90 Å². The number of benzene rings is 2. The molecule has 2 aromatic carbocycles. The lowest BCUT2D eigenvalue weighted by Crippen LogP contribution is -2.45. The number of sulfonamides is 1. The first-order valence-electron chi connectivity index (χ1n) is 13.7. The van der Waals surface area contributed by atoms with Crippen LogP contribution in [0.25, 0.3) is 0 Å². The SMILES string of the molecule is CSc1ccc(CC2CCN(CCCN(C(=O)C3CCN(S(C)(=O)=O)CC3)c3ccc(Cl)c(Cl)c3)CC2)cc1. The van der Waals surface area contributed by atoms with Crippen LogP contribution >= 0.6 is 35.0 Å². The molecule has 2 aliphatic rings. The number of hydrogen-bond donors (Lipinski definition) is 0. The molecule has 6 nitrogen and oxygen atoms in total. The molecule has 2 fully saturated rings. The first-order valence-corrected chi connectivity index (χ1v) is 17.5. The minimum Gasteiger partial charge on any atom is -0.312 e. The van der Waals surface area contributed by atoms with E-state index in [0.717, 1.165) is 38.2 Å². The molecule has 0 atom stereocenters. The average molecular weight is 613 g/mol. The molecule has 2 aromatic rings. The normalized spacial score (nSPS) is 18.4. The molecule has 0 aliphatic carbocycles. The Morgan fingerprint density at radius 3 is 2.23 bits per heavy atom. The van der Waals surface area contributed by atoms with E-state index >= 15 is 0 Å². The van der Waals surface area contributed by atoms with Crippen LogP contribution in [0.3, 0.4) is 0 Å². The van der Waals surface area contributed by atoms with Crippen LogP contribution in [0.15, 0.2) is 47.4 Å². The summed E-state index contributed by atoms with van der Waals surface area (Å²) in [7, 11) is -3.24. The summed E-state index contributed by atoms with van der Waals surface area (Å²) in [4.78, 5) is 19.3. The zero-order valence-electron chi connectivity index (χ0n) is 22.8. The Morgan fingerprint density at radius 1 is 0.974 bits per heavy atom. The lowest BCUT2D eigenvalue weighted by molar-refractivity contribution is -0.123. The van der Waals surface area contributed by atoms with Crippen molar-refractivity contribution in [2.45, 2.75) is 43.4 Å². The third kappa shape index (κ3) is 8.60. The van der Waals surface area contributed by atoms with E-state index in [1.165, 1.54) is 33.9 Å². The quantitative estimate of drug-likeness (QED) is 0.305. The van der Waals surface area contributed by atoms with Gasteiger partial charge in [0.25, 0.3) is 0 Å². The Hall–Kier alpha value is -1.29. The molecule has 0 bridgehead atoms. The lowest BCUT2D eigenvalue weighted by atomic mass is 9.90. The van der Waals surface area contributed by atoms with E-state index in [9.17, 15) is 13.2 Å². The smallest absolute Gasteiger partial charge is 0.230 e. The zero-order chi connectivity index (χ0) is 28.0. The Morgan fingerprint density at radius 2 is 1.64 bits per heavy atom. The van der Waals surface area contributed by atoms with Gasteiger partial charge in [-0.25, -0.2) is 12.7 Å². The Balaban J connectivity index is 1.31. The fraction of sp³-hybridized carbons (Fsp3) is 0.552. The number of carbonyl (C=O) groups is 1. The minimum absolute atomic E-state index is 0.0349. The molecule has 2 saturated heterocycles. The van der Waals surface area contributed by atoms with E-state index in [0.29, 0.717) is 48.4 Å². The summed E-state index contributed by atoms with van der Waals surface area (Å²) < 4.78 is 25.3. The van der Waals surface area contributed by atoms with Crippen LogP contribution in [0.5, 0.6) is 0 Å². The highest BCUT2D eigenvalue weighted by atomic mass is 35.5. The maximum Gasteiger partial charge on any atom is 0.230 e. The van der Waals surface area contributed by atoms with E-state index in [4.69, 9.17) is 23.2 Å². The molecule has 0 radical (unpaired) electrons. The monoisotopic (exact) mass is 611 g/mol. The van der Waals surface area contributed by atoms with Crippen molar-refractivity contribution >= 4 is 56.6 Å². The fourth-order valence-electron chi connectivity index (χ4n) is 5.64. The minimum atomic E-state index is -3.24. The van der Waals surface area contributed by atoms with Gasteiger partial charge in [-0.3, -0.25) is 4.79 Å². The largest absolute Gasteiger partial charge is 0.312 e. The first-order chi connectivity index (χ1) is 18.6. The van der Waals surface area contributed by atoms with Gasteiger partial charge in [-0.15, -0.1) is 11.8 Å². The van der Waals surface area contributed by atoms with Crippen molar-refractivity contribution in [2.75, 3.05) is 56.7 Å². The molecule has 2 aliphatic heterocycles. The number of nitrogens with zero attached hydrogens (tertiary/aromatic N) is 3. The summed E-state index contributed by atoms with van der Waals surface area (Å²) in [6, 6.07) is 14.3. The number of anilines is 1. The molecular weight excluding hydrogens is 573 g/mol. The van der Waals surface area contributed by atoms with Gasteiger partial charge in [0.15, 0.2) is 0 Å². The fourth-order valence-corrected chi connectivity index (χ4v) is 7.21. The van der Waals surface area contributed by atoms with Crippen molar-refractivity contribution < 1.29 is 13.2 Å². The van der Waals surface area contributed by atoms with Crippen molar-refractivity contribution in [1.29, 1.82) is 0 Å². The van der Waals surface area contributed by atoms with E-state index < -0.39 is 10.0 Å². The molecule has 39 heavy (non-hydrogen) atoms. The molecule has 1 amide bonds. The predicted octanol–water partition coefficient (Wildman–Crippen LogP) is 6.06. The number of rotatable bonds is 10. The summed E-state index contributed by atoms with van der Waals surface area (Å²) in [6.45, 7) is 4.44. The van der Waals surface area contributed by atoms with Crippen molar-refractivity contribution in [3.8, 4) is 0 Å². The standard InChI is InChI=1S/C29H39Cl2N3O3S2/c1-38-26-7-4-22(5-8-26)20-23-10-16-32(17-11-23)14-3-15-34(25-6-9-27(30)28(31)21-25)29(35)24-12-18-33(19-13-24)39(2,36)37/h4-9,21,23-24H,3,10-20H2,1-2H3. The molecule has 10 heteroatoms. The van der Waals surface area contributed by atoms with Crippen LogP contribution in [0.2, 0.25) is 10.0 Å². The van der Waals surface area contributed by atoms with Crippen LogP contribution in [-0.2, 0) is 21.2 Å². The third-order valence-electron chi connectivity index (χ3n) is 8.00. The number of hydrogen-bond acceptors (Lipinski definition) is 5. The Bertz CT molecular complexity index is 1210. The molecule has 4 rings (SSSR count). The first kappa shape index (κ1) is 30.7. The van der Waals surface area contributed by atoms with Gasteiger partial charge < -0.3 is 9.80 Å². The highest BCUT2D eigenvalue weighted by Crippen LogP contribution is 2.30. The number of likely N-dealkylation sites (tertiary alicyclic amines) is 1. The summed E-state index contributed by atoms with van der Waals surface area (Å²) in [5, 5.41) is 0.876. The van der Waals surface area contributed by atoms with E-state index in [1.54, 1.807) is 23.9 Å². The maximum absolute atomic E-state index is 13.7. The summed E-state index contributed by atoms with van der Waals surface area (Å²) in [5.41, 5.74) is 2.16. The molecule has 214 valence electrons. The van der Waals surface area contributed by atoms with Gasteiger partial charge in [-0.2, -0.15) is 0 Å². The van der Waals surface area contributed by atoms with Crippen molar-refractivity contribution in [3.05, 3.63) is 58.1 Å². The van der Waals surface area contributed by atoms with Crippen molar-refractivity contribution in [2.24, 2.45) is 11.8 Å². The van der Waals surface area contributed by atoms with Crippen molar-refractivity contribution in [3.63, 3.8) is 0 Å². The van der Waals surface area contributed by atoms with Gasteiger partial charge in [0.2, 0.25) is 15.9 Å². The molecule has 0 spiro atoms. The van der Waals surface area contributed by atoms with Crippen LogP contribution in [0, 0.1) is 11.8 Å². The van der Waals surface area contributed by atoms with E-state index in [1.807, 2.05) is 11.0 Å². The average Bonchev–Trinajstić information content (AvgIpc) is 2.93. The van der Waals surface area contributed by atoms with Gasteiger partial charge >= 0.3 is 0 Å². The topological polar surface area (TPSA) is 60.9 Å².